The minimum Gasteiger partial charge on any atom is -0.492 e. The van der Waals surface area contributed by atoms with E-state index < -0.39 is 11.8 Å². The Labute approximate surface area is 163 Å². The van der Waals surface area contributed by atoms with E-state index in [0.29, 0.717) is 0 Å². The molecule has 2 amide bonds. The zero-order valence-corrected chi connectivity index (χ0v) is 15.6. The van der Waals surface area contributed by atoms with Crippen molar-refractivity contribution in [3.05, 3.63) is 78.1 Å². The molecule has 7 nitrogen and oxygen atoms in total. The Hall–Kier alpha value is -3.61. The topological polar surface area (TPSA) is 85.2 Å². The highest BCUT2D eigenvalue weighted by Crippen LogP contribution is 2.13. The lowest BCUT2D eigenvalue weighted by Gasteiger charge is -2.11. The van der Waals surface area contributed by atoms with Crippen LogP contribution in [0, 0.1) is 6.92 Å². The summed E-state index contributed by atoms with van der Waals surface area (Å²) < 4.78 is 7.26. The van der Waals surface area contributed by atoms with Crippen LogP contribution in [0.2, 0.25) is 0 Å². The van der Waals surface area contributed by atoms with Gasteiger partial charge in [0.05, 0.1) is 12.2 Å². The zero-order chi connectivity index (χ0) is 19.8. The van der Waals surface area contributed by atoms with Gasteiger partial charge in [-0.25, -0.2) is 4.68 Å². The number of carbonyl (C=O) groups excluding carboxylic acids is 2. The number of rotatable bonds is 7. The molecule has 0 radical (unpaired) electrons. The summed E-state index contributed by atoms with van der Waals surface area (Å²) in [7, 11) is 0. The smallest absolute Gasteiger partial charge is 0.309 e. The van der Waals surface area contributed by atoms with Gasteiger partial charge < -0.3 is 15.4 Å². The van der Waals surface area contributed by atoms with E-state index in [1.807, 2.05) is 67.7 Å². The van der Waals surface area contributed by atoms with Crippen molar-refractivity contribution >= 4 is 11.8 Å². The summed E-state index contributed by atoms with van der Waals surface area (Å²) in [4.78, 5) is 24.0. The molecular weight excluding hydrogens is 356 g/mol. The Morgan fingerprint density at radius 2 is 1.86 bits per heavy atom. The third-order valence-electron chi connectivity index (χ3n) is 4.03. The molecule has 2 N–H and O–H groups in total. The van der Waals surface area contributed by atoms with E-state index in [2.05, 4.69) is 15.7 Å². The molecule has 1 aromatic heterocycles. The summed E-state index contributed by atoms with van der Waals surface area (Å²) in [6.45, 7) is 2.72. The first kappa shape index (κ1) is 19.2. The average Bonchev–Trinajstić information content (AvgIpc) is 3.24. The van der Waals surface area contributed by atoms with E-state index in [-0.39, 0.29) is 19.7 Å². The van der Waals surface area contributed by atoms with Gasteiger partial charge in [0.1, 0.15) is 12.4 Å². The maximum absolute atomic E-state index is 12.0. The van der Waals surface area contributed by atoms with Crippen LogP contribution in [0.1, 0.15) is 11.1 Å². The van der Waals surface area contributed by atoms with Gasteiger partial charge in [-0.15, -0.1) is 0 Å². The Morgan fingerprint density at radius 1 is 1.04 bits per heavy atom. The molecule has 0 aliphatic carbocycles. The molecule has 3 rings (SSSR count). The molecule has 28 heavy (non-hydrogen) atoms. The molecule has 0 unspecified atom stereocenters. The van der Waals surface area contributed by atoms with Gasteiger partial charge in [0, 0.05) is 18.9 Å². The average molecular weight is 378 g/mol. The van der Waals surface area contributed by atoms with Gasteiger partial charge in [-0.2, -0.15) is 5.10 Å². The zero-order valence-electron chi connectivity index (χ0n) is 15.6. The SMILES string of the molecule is Cc1cccc(OCCNC(=O)C(=O)NCc2ccccc2-n2cccn2)c1. The number of amides is 2. The number of benzene rings is 2. The molecule has 144 valence electrons. The number of para-hydroxylation sites is 1. The van der Waals surface area contributed by atoms with E-state index in [0.717, 1.165) is 22.6 Å². The van der Waals surface area contributed by atoms with Gasteiger partial charge in [0.2, 0.25) is 0 Å². The molecule has 1 heterocycles. The summed E-state index contributed by atoms with van der Waals surface area (Å²) in [5, 5.41) is 9.39. The van der Waals surface area contributed by atoms with Gasteiger partial charge in [-0.05, 0) is 42.3 Å². The predicted molar refractivity (Wildman–Crippen MR) is 105 cm³/mol. The molecule has 2 aromatic carbocycles. The van der Waals surface area contributed by atoms with Crippen LogP contribution in [-0.2, 0) is 16.1 Å². The van der Waals surface area contributed by atoms with Gasteiger partial charge in [-0.3, -0.25) is 9.59 Å². The second-order valence-electron chi connectivity index (χ2n) is 6.18. The number of aromatic nitrogens is 2. The Kier molecular flexibility index (Phi) is 6.41. The highest BCUT2D eigenvalue weighted by molar-refractivity contribution is 6.35. The van der Waals surface area contributed by atoms with Crippen LogP contribution >= 0.6 is 0 Å². The van der Waals surface area contributed by atoms with Crippen molar-refractivity contribution in [3.8, 4) is 11.4 Å². The van der Waals surface area contributed by atoms with Crippen LogP contribution in [0.4, 0.5) is 0 Å². The molecule has 0 aliphatic rings. The fourth-order valence-electron chi connectivity index (χ4n) is 2.67. The molecule has 3 aromatic rings. The van der Waals surface area contributed by atoms with Crippen molar-refractivity contribution in [2.45, 2.75) is 13.5 Å². The Balaban J connectivity index is 1.44. The van der Waals surface area contributed by atoms with Gasteiger partial charge in [0.15, 0.2) is 0 Å². The van der Waals surface area contributed by atoms with Crippen LogP contribution in [0.3, 0.4) is 0 Å². The van der Waals surface area contributed by atoms with Crippen molar-refractivity contribution in [1.29, 1.82) is 0 Å². The predicted octanol–water partition coefficient (Wildman–Crippen LogP) is 1.99. The van der Waals surface area contributed by atoms with Gasteiger partial charge in [0.25, 0.3) is 0 Å². The van der Waals surface area contributed by atoms with Crippen molar-refractivity contribution in [2.24, 2.45) is 0 Å². The van der Waals surface area contributed by atoms with Crippen LogP contribution in [0.25, 0.3) is 5.69 Å². The Bertz CT molecular complexity index is 938. The summed E-state index contributed by atoms with van der Waals surface area (Å²) in [6, 6.07) is 17.0. The normalized spacial score (nSPS) is 10.3. The van der Waals surface area contributed by atoms with Crippen molar-refractivity contribution in [1.82, 2.24) is 20.4 Å². The third-order valence-corrected chi connectivity index (χ3v) is 4.03. The minimum atomic E-state index is -0.690. The molecule has 0 spiro atoms. The molecule has 0 fully saturated rings. The molecular formula is C21H22N4O3. The maximum Gasteiger partial charge on any atom is 0.309 e. The van der Waals surface area contributed by atoms with Crippen LogP contribution < -0.4 is 15.4 Å². The number of carbonyl (C=O) groups is 2. The standard InChI is InChI=1S/C21H22N4O3/c1-16-6-4-8-18(14-16)28-13-11-22-20(26)21(27)23-15-17-7-2-3-9-19(17)25-12-5-10-24-25/h2-10,12,14H,11,13,15H2,1H3,(H,22,26)(H,23,27). The number of aryl methyl sites for hydroxylation is 1. The fourth-order valence-corrected chi connectivity index (χ4v) is 2.67. The van der Waals surface area contributed by atoms with Gasteiger partial charge >= 0.3 is 11.8 Å². The van der Waals surface area contributed by atoms with Crippen LogP contribution in [-0.4, -0.2) is 34.7 Å². The number of nitrogens with zero attached hydrogens (tertiary/aromatic N) is 2. The van der Waals surface area contributed by atoms with E-state index in [1.54, 1.807) is 10.9 Å². The first-order valence-corrected chi connectivity index (χ1v) is 8.97. The van der Waals surface area contributed by atoms with Crippen LogP contribution in [0.5, 0.6) is 5.75 Å². The summed E-state index contributed by atoms with van der Waals surface area (Å²) >= 11 is 0. The number of ether oxygens (including phenoxy) is 1. The van der Waals surface area contributed by atoms with Crippen molar-refractivity contribution in [3.63, 3.8) is 0 Å². The highest BCUT2D eigenvalue weighted by Gasteiger charge is 2.13. The fraction of sp³-hybridized carbons (Fsp3) is 0.190. The number of hydrogen-bond acceptors (Lipinski definition) is 4. The molecule has 0 saturated carbocycles. The lowest BCUT2D eigenvalue weighted by Crippen LogP contribution is -2.41. The number of nitrogens with one attached hydrogen (secondary N) is 2. The van der Waals surface area contributed by atoms with Crippen LogP contribution in [0.15, 0.2) is 67.0 Å². The monoisotopic (exact) mass is 378 g/mol. The lowest BCUT2D eigenvalue weighted by molar-refractivity contribution is -0.139. The largest absolute Gasteiger partial charge is 0.492 e. The molecule has 0 bridgehead atoms. The lowest BCUT2D eigenvalue weighted by atomic mass is 10.2. The maximum atomic E-state index is 12.0. The van der Waals surface area contributed by atoms with E-state index in [4.69, 9.17) is 4.74 Å². The number of hydrogen-bond donors (Lipinski definition) is 2. The molecule has 7 heteroatoms. The molecule has 0 atom stereocenters. The summed E-state index contributed by atoms with van der Waals surface area (Å²) in [6.07, 6.45) is 3.50. The second kappa shape index (κ2) is 9.36. The quantitative estimate of drug-likeness (QED) is 0.486. The first-order valence-electron chi connectivity index (χ1n) is 8.97. The van der Waals surface area contributed by atoms with E-state index in [9.17, 15) is 9.59 Å². The Morgan fingerprint density at radius 3 is 2.64 bits per heavy atom. The van der Waals surface area contributed by atoms with Crippen molar-refractivity contribution in [2.75, 3.05) is 13.2 Å². The second-order valence-corrected chi connectivity index (χ2v) is 6.18. The highest BCUT2D eigenvalue weighted by atomic mass is 16.5. The van der Waals surface area contributed by atoms with Crippen molar-refractivity contribution < 1.29 is 14.3 Å². The first-order chi connectivity index (χ1) is 13.6. The summed E-state index contributed by atoms with van der Waals surface area (Å²) in [5.41, 5.74) is 2.80. The summed E-state index contributed by atoms with van der Waals surface area (Å²) in [5.74, 6) is -0.649. The molecule has 0 saturated heterocycles. The third kappa shape index (κ3) is 5.20. The minimum absolute atomic E-state index is 0.224. The van der Waals surface area contributed by atoms with E-state index in [1.165, 1.54) is 0 Å². The molecule has 0 aliphatic heterocycles. The van der Waals surface area contributed by atoms with E-state index >= 15 is 0 Å². The van der Waals surface area contributed by atoms with Gasteiger partial charge in [-0.1, -0.05) is 30.3 Å².